The van der Waals surface area contributed by atoms with E-state index in [-0.39, 0.29) is 29.9 Å². The molecule has 1 heterocycles. The van der Waals surface area contributed by atoms with E-state index in [1.165, 1.54) is 12.1 Å². The maximum absolute atomic E-state index is 10.5. The molecular weight excluding hydrogens is 242 g/mol. The molecule has 1 saturated heterocycles. The van der Waals surface area contributed by atoms with Crippen LogP contribution in [0.2, 0.25) is 0 Å². The molecule has 17 heavy (non-hydrogen) atoms. The van der Waals surface area contributed by atoms with Gasteiger partial charge < -0.3 is 5.32 Å². The summed E-state index contributed by atoms with van der Waals surface area (Å²) in [5.41, 5.74) is 1.07. The standard InChI is InChI=1S/C11H11N3O2.ClH/c12-5-9-6-13-7-11(9)8-1-3-10(4-2-8)14(15)16;/h1-4,9,11,13H,6-7H2;1H/t9-,11+;/m1./s1. The van der Waals surface area contributed by atoms with Crippen LogP contribution in [0.5, 0.6) is 0 Å². The molecule has 0 radical (unpaired) electrons. The Hall–Kier alpha value is -1.64. The number of nitro benzene ring substituents is 1. The van der Waals surface area contributed by atoms with E-state index in [0.717, 1.165) is 12.1 Å². The van der Waals surface area contributed by atoms with E-state index < -0.39 is 4.92 Å². The SMILES string of the molecule is Cl.N#C[C@@H]1CNC[C@H]1c1ccc([N+](=O)[O-])cc1. The van der Waals surface area contributed by atoms with Crippen molar-refractivity contribution in [2.24, 2.45) is 5.92 Å². The van der Waals surface area contributed by atoms with E-state index in [2.05, 4.69) is 11.4 Å². The molecule has 0 spiro atoms. The van der Waals surface area contributed by atoms with Gasteiger partial charge in [0.15, 0.2) is 0 Å². The topological polar surface area (TPSA) is 79.0 Å². The van der Waals surface area contributed by atoms with E-state index in [1.54, 1.807) is 12.1 Å². The predicted molar refractivity (Wildman–Crippen MR) is 65.1 cm³/mol. The van der Waals surface area contributed by atoms with Crippen molar-refractivity contribution in [1.82, 2.24) is 5.32 Å². The molecule has 1 aromatic rings. The number of nitro groups is 1. The Kier molecular flexibility index (Phi) is 4.44. The molecule has 0 aromatic heterocycles. The molecule has 1 N–H and O–H groups in total. The van der Waals surface area contributed by atoms with Gasteiger partial charge in [-0.15, -0.1) is 12.4 Å². The molecule has 0 bridgehead atoms. The van der Waals surface area contributed by atoms with Crippen molar-refractivity contribution < 1.29 is 4.92 Å². The lowest BCUT2D eigenvalue weighted by Crippen LogP contribution is -2.08. The van der Waals surface area contributed by atoms with Crippen LogP contribution in [0.15, 0.2) is 24.3 Å². The summed E-state index contributed by atoms with van der Waals surface area (Å²) in [5.74, 6) is 0.104. The highest BCUT2D eigenvalue weighted by atomic mass is 35.5. The molecule has 0 aliphatic carbocycles. The monoisotopic (exact) mass is 253 g/mol. The molecule has 2 atom stereocenters. The van der Waals surface area contributed by atoms with Crippen LogP contribution in [0.3, 0.4) is 0 Å². The fourth-order valence-electron chi connectivity index (χ4n) is 2.01. The maximum Gasteiger partial charge on any atom is 0.269 e. The summed E-state index contributed by atoms with van der Waals surface area (Å²) in [4.78, 5) is 10.1. The van der Waals surface area contributed by atoms with Gasteiger partial charge in [0.25, 0.3) is 5.69 Å². The smallest absolute Gasteiger partial charge is 0.269 e. The predicted octanol–water partition coefficient (Wildman–Crippen LogP) is 1.84. The largest absolute Gasteiger partial charge is 0.315 e. The van der Waals surface area contributed by atoms with Gasteiger partial charge in [0.05, 0.1) is 16.9 Å². The number of hydrogen-bond donors (Lipinski definition) is 1. The molecule has 90 valence electrons. The van der Waals surface area contributed by atoms with Crippen molar-refractivity contribution in [3.63, 3.8) is 0 Å². The second kappa shape index (κ2) is 5.62. The number of hydrogen-bond acceptors (Lipinski definition) is 4. The summed E-state index contributed by atoms with van der Waals surface area (Å²) in [6.45, 7) is 1.45. The van der Waals surface area contributed by atoms with E-state index in [0.29, 0.717) is 6.54 Å². The normalized spacial score (nSPS) is 22.5. The van der Waals surface area contributed by atoms with Gasteiger partial charge >= 0.3 is 0 Å². The van der Waals surface area contributed by atoms with E-state index in [4.69, 9.17) is 5.26 Å². The van der Waals surface area contributed by atoms with Crippen LogP contribution in [0.4, 0.5) is 5.69 Å². The number of rotatable bonds is 2. The van der Waals surface area contributed by atoms with Crippen LogP contribution < -0.4 is 5.32 Å². The third-order valence-corrected chi connectivity index (χ3v) is 2.91. The second-order valence-electron chi connectivity index (χ2n) is 3.85. The van der Waals surface area contributed by atoms with Gasteiger partial charge in [-0.25, -0.2) is 0 Å². The van der Waals surface area contributed by atoms with Crippen LogP contribution in [0.1, 0.15) is 11.5 Å². The highest BCUT2D eigenvalue weighted by Gasteiger charge is 2.28. The van der Waals surface area contributed by atoms with E-state index in [9.17, 15) is 10.1 Å². The Balaban J connectivity index is 0.00000144. The summed E-state index contributed by atoms with van der Waals surface area (Å²) < 4.78 is 0. The van der Waals surface area contributed by atoms with Gasteiger partial charge in [0, 0.05) is 31.1 Å². The first-order chi connectivity index (χ1) is 7.72. The van der Waals surface area contributed by atoms with Gasteiger partial charge in [-0.1, -0.05) is 12.1 Å². The summed E-state index contributed by atoms with van der Waals surface area (Å²) in [6, 6.07) is 8.70. The van der Waals surface area contributed by atoms with Crippen LogP contribution in [-0.2, 0) is 0 Å². The third kappa shape index (κ3) is 2.73. The van der Waals surface area contributed by atoms with Crippen molar-refractivity contribution in [2.75, 3.05) is 13.1 Å². The summed E-state index contributed by atoms with van der Waals surface area (Å²) in [5, 5.41) is 22.6. The van der Waals surface area contributed by atoms with Gasteiger partial charge in [0.1, 0.15) is 0 Å². The Morgan fingerprint density at radius 3 is 2.53 bits per heavy atom. The van der Waals surface area contributed by atoms with Crippen LogP contribution >= 0.6 is 12.4 Å². The Morgan fingerprint density at radius 1 is 1.35 bits per heavy atom. The summed E-state index contributed by atoms with van der Waals surface area (Å²) in [7, 11) is 0. The molecule has 5 nitrogen and oxygen atoms in total. The zero-order chi connectivity index (χ0) is 11.5. The summed E-state index contributed by atoms with van der Waals surface area (Å²) in [6.07, 6.45) is 0. The number of nitrogens with zero attached hydrogens (tertiary/aromatic N) is 2. The molecule has 1 fully saturated rings. The van der Waals surface area contributed by atoms with Gasteiger partial charge in [-0.05, 0) is 5.56 Å². The molecule has 1 aliphatic heterocycles. The van der Waals surface area contributed by atoms with Crippen molar-refractivity contribution in [1.29, 1.82) is 5.26 Å². The minimum Gasteiger partial charge on any atom is -0.315 e. The van der Waals surface area contributed by atoms with Gasteiger partial charge in [-0.3, -0.25) is 10.1 Å². The number of nitriles is 1. The molecule has 6 heteroatoms. The van der Waals surface area contributed by atoms with Crippen molar-refractivity contribution >= 4 is 18.1 Å². The van der Waals surface area contributed by atoms with E-state index >= 15 is 0 Å². The molecule has 1 aromatic carbocycles. The Bertz CT molecular complexity index is 441. The zero-order valence-corrected chi connectivity index (χ0v) is 9.81. The quantitative estimate of drug-likeness (QED) is 0.644. The molecule has 2 rings (SSSR count). The first kappa shape index (κ1) is 13.4. The Labute approximate surface area is 105 Å². The van der Waals surface area contributed by atoms with E-state index in [1.807, 2.05) is 0 Å². The minimum absolute atomic E-state index is 0. The molecule has 1 aliphatic rings. The molecule has 0 amide bonds. The number of benzene rings is 1. The maximum atomic E-state index is 10.5. The highest BCUT2D eigenvalue weighted by molar-refractivity contribution is 5.85. The lowest BCUT2D eigenvalue weighted by Gasteiger charge is -2.11. The van der Waals surface area contributed by atoms with Crippen LogP contribution in [0, 0.1) is 27.4 Å². The average Bonchev–Trinajstić information content (AvgIpc) is 2.77. The van der Waals surface area contributed by atoms with Crippen LogP contribution in [-0.4, -0.2) is 18.0 Å². The highest BCUT2D eigenvalue weighted by Crippen LogP contribution is 2.28. The Morgan fingerprint density at radius 2 is 2.00 bits per heavy atom. The summed E-state index contributed by atoms with van der Waals surface area (Å²) >= 11 is 0. The third-order valence-electron chi connectivity index (χ3n) is 2.91. The fraction of sp³-hybridized carbons (Fsp3) is 0.364. The first-order valence-corrected chi connectivity index (χ1v) is 5.07. The molecule has 0 saturated carbocycles. The minimum atomic E-state index is -0.418. The molecule has 0 unspecified atom stereocenters. The van der Waals surface area contributed by atoms with Crippen LogP contribution in [0.25, 0.3) is 0 Å². The van der Waals surface area contributed by atoms with Gasteiger partial charge in [-0.2, -0.15) is 5.26 Å². The average molecular weight is 254 g/mol. The first-order valence-electron chi connectivity index (χ1n) is 5.07. The van der Waals surface area contributed by atoms with Crippen molar-refractivity contribution in [3.05, 3.63) is 39.9 Å². The lowest BCUT2D eigenvalue weighted by molar-refractivity contribution is -0.384. The lowest BCUT2D eigenvalue weighted by atomic mass is 9.90. The second-order valence-corrected chi connectivity index (χ2v) is 3.85. The fourth-order valence-corrected chi connectivity index (χ4v) is 2.01. The molecular formula is C11H12ClN3O2. The number of halogens is 1. The number of non-ortho nitro benzene ring substituents is 1. The number of nitrogens with one attached hydrogen (secondary N) is 1. The zero-order valence-electron chi connectivity index (χ0n) is 9.00. The van der Waals surface area contributed by atoms with Gasteiger partial charge in [0.2, 0.25) is 0 Å². The van der Waals surface area contributed by atoms with Crippen molar-refractivity contribution in [2.45, 2.75) is 5.92 Å². The van der Waals surface area contributed by atoms with Crippen molar-refractivity contribution in [3.8, 4) is 6.07 Å².